The molecule has 0 bridgehead atoms. The lowest BCUT2D eigenvalue weighted by Crippen LogP contribution is -2.10. The molecule has 1 fully saturated rings. The van der Waals surface area contributed by atoms with Crippen molar-refractivity contribution in [1.29, 1.82) is 0 Å². The molecule has 0 aromatic rings. The third-order valence-electron chi connectivity index (χ3n) is 2.22. The summed E-state index contributed by atoms with van der Waals surface area (Å²) < 4.78 is 5.44. The van der Waals surface area contributed by atoms with Gasteiger partial charge >= 0.3 is 0 Å². The van der Waals surface area contributed by atoms with Crippen molar-refractivity contribution in [2.24, 2.45) is 5.73 Å². The number of amides is 1. The molecular formula is C9H17NO2. The number of hydrogen-bond acceptors (Lipinski definition) is 2. The number of carbonyl (C=O) groups is 1. The van der Waals surface area contributed by atoms with E-state index in [2.05, 4.69) is 0 Å². The van der Waals surface area contributed by atoms with Gasteiger partial charge in [-0.3, -0.25) is 4.79 Å². The van der Waals surface area contributed by atoms with Gasteiger partial charge in [0.15, 0.2) is 0 Å². The zero-order valence-corrected chi connectivity index (χ0v) is 7.42. The fraction of sp³-hybridized carbons (Fsp3) is 0.889. The van der Waals surface area contributed by atoms with Crippen molar-refractivity contribution in [2.75, 3.05) is 6.61 Å². The SMILES string of the molecule is NC(=O)CCCCC1CCCO1. The maximum absolute atomic E-state index is 10.4. The molecule has 70 valence electrons. The van der Waals surface area contributed by atoms with Crippen molar-refractivity contribution in [3.8, 4) is 0 Å². The van der Waals surface area contributed by atoms with E-state index >= 15 is 0 Å². The highest BCUT2D eigenvalue weighted by Crippen LogP contribution is 2.17. The Balaban J connectivity index is 1.91. The van der Waals surface area contributed by atoms with Crippen molar-refractivity contribution in [3.05, 3.63) is 0 Å². The van der Waals surface area contributed by atoms with E-state index < -0.39 is 0 Å². The summed E-state index contributed by atoms with van der Waals surface area (Å²) in [4.78, 5) is 10.4. The molecule has 1 saturated heterocycles. The second kappa shape index (κ2) is 5.14. The van der Waals surface area contributed by atoms with E-state index in [4.69, 9.17) is 10.5 Å². The van der Waals surface area contributed by atoms with Gasteiger partial charge in [-0.1, -0.05) is 6.42 Å². The molecule has 3 heteroatoms. The van der Waals surface area contributed by atoms with Crippen LogP contribution >= 0.6 is 0 Å². The zero-order chi connectivity index (χ0) is 8.81. The van der Waals surface area contributed by atoms with Crippen LogP contribution < -0.4 is 5.73 Å². The first-order chi connectivity index (χ1) is 5.79. The Morgan fingerprint density at radius 1 is 1.50 bits per heavy atom. The Hall–Kier alpha value is -0.570. The van der Waals surface area contributed by atoms with Crippen LogP contribution in [-0.4, -0.2) is 18.6 Å². The number of carbonyl (C=O) groups excluding carboxylic acids is 1. The van der Waals surface area contributed by atoms with Gasteiger partial charge in [-0.2, -0.15) is 0 Å². The molecule has 0 radical (unpaired) electrons. The van der Waals surface area contributed by atoms with E-state index in [9.17, 15) is 4.79 Å². The minimum Gasteiger partial charge on any atom is -0.378 e. The Labute approximate surface area is 73.3 Å². The minimum atomic E-state index is -0.192. The molecule has 1 heterocycles. The third kappa shape index (κ3) is 3.72. The van der Waals surface area contributed by atoms with Gasteiger partial charge in [-0.15, -0.1) is 0 Å². The highest BCUT2D eigenvalue weighted by Gasteiger charge is 2.14. The topological polar surface area (TPSA) is 52.3 Å². The molecule has 0 aliphatic carbocycles. The second-order valence-corrected chi connectivity index (χ2v) is 3.35. The van der Waals surface area contributed by atoms with Crippen molar-refractivity contribution < 1.29 is 9.53 Å². The lowest BCUT2D eigenvalue weighted by molar-refractivity contribution is -0.118. The average molecular weight is 171 g/mol. The summed E-state index contributed by atoms with van der Waals surface area (Å²) in [6.07, 6.45) is 6.43. The molecule has 0 spiro atoms. The number of hydrogen-bond donors (Lipinski definition) is 1. The second-order valence-electron chi connectivity index (χ2n) is 3.35. The summed E-state index contributed by atoms with van der Waals surface area (Å²) in [6, 6.07) is 0. The van der Waals surface area contributed by atoms with Crippen molar-refractivity contribution >= 4 is 5.91 Å². The Kier molecular flexibility index (Phi) is 4.08. The van der Waals surface area contributed by atoms with Gasteiger partial charge < -0.3 is 10.5 Å². The summed E-state index contributed by atoms with van der Waals surface area (Å²) in [5.41, 5.74) is 5.02. The molecule has 0 aromatic heterocycles. The van der Waals surface area contributed by atoms with Crippen LogP contribution in [0.15, 0.2) is 0 Å². The molecule has 1 atom stereocenters. The quantitative estimate of drug-likeness (QED) is 0.632. The third-order valence-corrected chi connectivity index (χ3v) is 2.22. The zero-order valence-electron chi connectivity index (χ0n) is 7.42. The average Bonchev–Trinajstić information content (AvgIpc) is 2.49. The van der Waals surface area contributed by atoms with Crippen LogP contribution in [-0.2, 0) is 9.53 Å². The predicted molar refractivity (Wildman–Crippen MR) is 46.6 cm³/mol. The fourth-order valence-electron chi connectivity index (χ4n) is 1.54. The van der Waals surface area contributed by atoms with Gasteiger partial charge in [-0.05, 0) is 25.7 Å². The number of nitrogens with two attached hydrogens (primary N) is 1. The molecule has 0 saturated carbocycles. The maximum Gasteiger partial charge on any atom is 0.217 e. The van der Waals surface area contributed by atoms with Crippen molar-refractivity contribution in [2.45, 2.75) is 44.6 Å². The number of primary amides is 1. The van der Waals surface area contributed by atoms with Crippen molar-refractivity contribution in [3.63, 3.8) is 0 Å². The lowest BCUT2D eigenvalue weighted by atomic mass is 10.1. The van der Waals surface area contributed by atoms with Crippen LogP contribution in [0.4, 0.5) is 0 Å². The first-order valence-corrected chi connectivity index (χ1v) is 4.69. The van der Waals surface area contributed by atoms with Crippen LogP contribution in [0.1, 0.15) is 38.5 Å². The van der Waals surface area contributed by atoms with Gasteiger partial charge in [-0.25, -0.2) is 0 Å². The standard InChI is InChI=1S/C9H17NO2/c10-9(11)6-2-1-4-8-5-3-7-12-8/h8H,1-7H2,(H2,10,11). The largest absolute Gasteiger partial charge is 0.378 e. The minimum absolute atomic E-state index is 0.192. The van der Waals surface area contributed by atoms with Gasteiger partial charge in [0.1, 0.15) is 0 Å². The monoisotopic (exact) mass is 171 g/mol. The molecular weight excluding hydrogens is 154 g/mol. The highest BCUT2D eigenvalue weighted by molar-refractivity contribution is 5.73. The summed E-state index contributed by atoms with van der Waals surface area (Å²) in [7, 11) is 0. The van der Waals surface area contributed by atoms with E-state index in [0.29, 0.717) is 12.5 Å². The number of rotatable bonds is 5. The van der Waals surface area contributed by atoms with Crippen LogP contribution in [0.3, 0.4) is 0 Å². The molecule has 1 rings (SSSR count). The predicted octanol–water partition coefficient (Wildman–Crippen LogP) is 1.21. The smallest absolute Gasteiger partial charge is 0.217 e. The molecule has 1 aliphatic heterocycles. The highest BCUT2D eigenvalue weighted by atomic mass is 16.5. The number of unbranched alkanes of at least 4 members (excludes halogenated alkanes) is 1. The maximum atomic E-state index is 10.4. The van der Waals surface area contributed by atoms with Gasteiger partial charge in [0, 0.05) is 13.0 Å². The van der Waals surface area contributed by atoms with E-state index in [0.717, 1.165) is 25.9 Å². The normalized spacial score (nSPS) is 22.8. The van der Waals surface area contributed by atoms with Crippen LogP contribution in [0, 0.1) is 0 Å². The summed E-state index contributed by atoms with van der Waals surface area (Å²) in [6.45, 7) is 0.917. The number of ether oxygens (including phenoxy) is 1. The van der Waals surface area contributed by atoms with E-state index in [-0.39, 0.29) is 5.91 Å². The van der Waals surface area contributed by atoms with E-state index in [1.807, 2.05) is 0 Å². The Morgan fingerprint density at radius 2 is 2.33 bits per heavy atom. The first-order valence-electron chi connectivity index (χ1n) is 4.69. The Bertz CT molecular complexity index is 141. The molecule has 1 amide bonds. The summed E-state index contributed by atoms with van der Waals surface area (Å²) in [5, 5.41) is 0. The van der Waals surface area contributed by atoms with Gasteiger partial charge in [0.25, 0.3) is 0 Å². The summed E-state index contributed by atoms with van der Waals surface area (Å²) in [5.74, 6) is -0.192. The van der Waals surface area contributed by atoms with Gasteiger partial charge in [0.05, 0.1) is 6.10 Å². The molecule has 1 aliphatic rings. The van der Waals surface area contributed by atoms with Crippen LogP contribution in [0.2, 0.25) is 0 Å². The molecule has 1 unspecified atom stereocenters. The molecule has 0 aromatic carbocycles. The van der Waals surface area contributed by atoms with Crippen LogP contribution in [0.5, 0.6) is 0 Å². The van der Waals surface area contributed by atoms with Gasteiger partial charge in [0.2, 0.25) is 5.91 Å². The molecule has 2 N–H and O–H groups in total. The summed E-state index contributed by atoms with van der Waals surface area (Å²) >= 11 is 0. The van der Waals surface area contributed by atoms with Crippen LogP contribution in [0.25, 0.3) is 0 Å². The van der Waals surface area contributed by atoms with E-state index in [1.54, 1.807) is 0 Å². The fourth-order valence-corrected chi connectivity index (χ4v) is 1.54. The molecule has 3 nitrogen and oxygen atoms in total. The van der Waals surface area contributed by atoms with E-state index in [1.165, 1.54) is 12.8 Å². The Morgan fingerprint density at radius 3 is 2.92 bits per heavy atom. The first kappa shape index (κ1) is 9.52. The van der Waals surface area contributed by atoms with Crippen molar-refractivity contribution in [1.82, 2.24) is 0 Å². The lowest BCUT2D eigenvalue weighted by Gasteiger charge is -2.07. The molecule has 12 heavy (non-hydrogen) atoms.